The van der Waals surface area contributed by atoms with E-state index in [4.69, 9.17) is 25.2 Å². The van der Waals surface area contributed by atoms with E-state index in [9.17, 15) is 9.67 Å². The number of phenols is 1. The van der Waals surface area contributed by atoms with Crippen molar-refractivity contribution in [2.24, 2.45) is 0 Å². The summed E-state index contributed by atoms with van der Waals surface area (Å²) in [5.41, 5.74) is 6.10. The Bertz CT molecular complexity index is 1220. The fourth-order valence-corrected chi connectivity index (χ4v) is 5.87. The monoisotopic (exact) mass is 500 g/mol. The molecule has 4 rings (SSSR count). The van der Waals surface area contributed by atoms with Crippen molar-refractivity contribution < 1.29 is 23.2 Å². The highest BCUT2D eigenvalue weighted by atomic mass is 35.5. The molecule has 0 bridgehead atoms. The number of aromatic hydroxyl groups is 1. The van der Waals surface area contributed by atoms with Crippen LogP contribution in [0.1, 0.15) is 65.7 Å². The largest absolute Gasteiger partial charge is 0.530 e. The number of halogens is 1. The number of phosphoric ester groups is 1. The second-order valence-electron chi connectivity index (χ2n) is 9.07. The second-order valence-corrected chi connectivity index (χ2v) is 11.1. The lowest BCUT2D eigenvalue weighted by atomic mass is 9.93. The number of benzene rings is 3. The summed E-state index contributed by atoms with van der Waals surface area (Å²) in [4.78, 5) is 0. The molecule has 0 amide bonds. The predicted octanol–water partition coefficient (Wildman–Crippen LogP) is 8.04. The molecule has 0 saturated carbocycles. The predicted molar refractivity (Wildman–Crippen MR) is 135 cm³/mol. The first-order valence-electron chi connectivity index (χ1n) is 11.4. The minimum atomic E-state index is -3.79. The fourth-order valence-electron chi connectivity index (χ4n) is 4.29. The van der Waals surface area contributed by atoms with Crippen molar-refractivity contribution >= 4 is 19.4 Å². The van der Waals surface area contributed by atoms with Gasteiger partial charge in [-0.25, -0.2) is 4.57 Å². The number of rotatable bonds is 6. The molecule has 1 fully saturated rings. The highest BCUT2D eigenvalue weighted by Gasteiger charge is 2.37. The van der Waals surface area contributed by atoms with E-state index in [-0.39, 0.29) is 12.5 Å². The van der Waals surface area contributed by atoms with Crippen LogP contribution >= 0.6 is 19.4 Å². The van der Waals surface area contributed by atoms with Gasteiger partial charge in [-0.2, -0.15) is 0 Å². The van der Waals surface area contributed by atoms with Crippen LogP contribution in [0.5, 0.6) is 11.5 Å². The maximum Gasteiger partial charge on any atom is 0.530 e. The quantitative estimate of drug-likeness (QED) is 0.347. The molecule has 1 aliphatic heterocycles. The SMILES string of the molecule is Cc1cc(OP2(=O)OCC[C@@H](c3cccc(Cl)c3)O2)cc(C)c1Cc1ccc(O)c(C(C)C)c1. The van der Waals surface area contributed by atoms with Crippen LogP contribution in [-0.2, 0) is 20.0 Å². The summed E-state index contributed by atoms with van der Waals surface area (Å²) in [7, 11) is -3.79. The Balaban J connectivity index is 1.53. The summed E-state index contributed by atoms with van der Waals surface area (Å²) in [6.07, 6.45) is 0.874. The lowest BCUT2D eigenvalue weighted by molar-refractivity contribution is 0.0509. The van der Waals surface area contributed by atoms with Crippen molar-refractivity contribution in [3.8, 4) is 11.5 Å². The standard InChI is InChI=1S/C27H30ClO5P/c1-17(2)24-14-20(8-9-26(24)29)15-25-18(3)12-23(13-19(25)4)32-34(30)31-11-10-27(33-34)21-6-5-7-22(28)16-21/h5-9,12-14,16-17,27,29H,10-11,15H2,1-4H3/t27-,34?/m0/s1. The van der Waals surface area contributed by atoms with E-state index >= 15 is 0 Å². The van der Waals surface area contributed by atoms with Gasteiger partial charge in [0.1, 0.15) is 11.5 Å². The third-order valence-electron chi connectivity index (χ3n) is 6.09. The van der Waals surface area contributed by atoms with Crippen molar-refractivity contribution in [3.63, 3.8) is 0 Å². The first kappa shape index (κ1) is 24.8. The molecule has 2 atom stereocenters. The highest BCUT2D eigenvalue weighted by Crippen LogP contribution is 2.57. The maximum absolute atomic E-state index is 13.3. The van der Waals surface area contributed by atoms with Crippen LogP contribution < -0.4 is 4.52 Å². The molecule has 0 aromatic heterocycles. The molecular weight excluding hydrogens is 471 g/mol. The minimum absolute atomic E-state index is 0.237. The summed E-state index contributed by atoms with van der Waals surface area (Å²) in [5, 5.41) is 10.7. The zero-order valence-electron chi connectivity index (χ0n) is 19.9. The maximum atomic E-state index is 13.3. The topological polar surface area (TPSA) is 65.0 Å². The molecule has 0 radical (unpaired) electrons. The number of aryl methyl sites for hydroxylation is 2. The Labute approximate surface area is 206 Å². The van der Waals surface area contributed by atoms with Crippen LogP contribution in [0, 0.1) is 13.8 Å². The van der Waals surface area contributed by atoms with Crippen molar-refractivity contribution in [2.75, 3.05) is 6.61 Å². The lowest BCUT2D eigenvalue weighted by Crippen LogP contribution is -2.16. The summed E-state index contributed by atoms with van der Waals surface area (Å²) in [6, 6.07) is 16.8. The second kappa shape index (κ2) is 10.1. The van der Waals surface area contributed by atoms with E-state index in [1.807, 2.05) is 44.2 Å². The van der Waals surface area contributed by atoms with E-state index < -0.39 is 13.9 Å². The van der Waals surface area contributed by atoms with Gasteiger partial charge in [0, 0.05) is 11.4 Å². The van der Waals surface area contributed by atoms with Gasteiger partial charge in [-0.3, -0.25) is 9.05 Å². The molecule has 1 N–H and O–H groups in total. The Kier molecular flexibility index (Phi) is 7.39. The number of phenolic OH excluding ortho intramolecular Hbond substituents is 1. The third kappa shape index (κ3) is 5.67. The summed E-state index contributed by atoms with van der Waals surface area (Å²) >= 11 is 6.10. The molecule has 1 unspecified atom stereocenters. The van der Waals surface area contributed by atoms with Gasteiger partial charge in [-0.1, -0.05) is 49.7 Å². The highest BCUT2D eigenvalue weighted by molar-refractivity contribution is 7.49. The summed E-state index contributed by atoms with van der Waals surface area (Å²) in [5.74, 6) is 1.01. The van der Waals surface area contributed by atoms with E-state index in [1.165, 1.54) is 0 Å². The van der Waals surface area contributed by atoms with Gasteiger partial charge < -0.3 is 9.63 Å². The van der Waals surface area contributed by atoms with E-state index in [0.29, 0.717) is 22.9 Å². The first-order valence-corrected chi connectivity index (χ1v) is 13.3. The Morgan fingerprint density at radius 2 is 1.85 bits per heavy atom. The van der Waals surface area contributed by atoms with Crippen molar-refractivity contribution in [2.45, 2.75) is 52.6 Å². The normalized spacial score (nSPS) is 20.5. The minimum Gasteiger partial charge on any atom is -0.508 e. The third-order valence-corrected chi connectivity index (χ3v) is 7.77. The lowest BCUT2D eigenvalue weighted by Gasteiger charge is -2.29. The molecule has 7 heteroatoms. The molecule has 0 aliphatic carbocycles. The number of phosphoric acid groups is 1. The smallest absolute Gasteiger partial charge is 0.508 e. The van der Waals surface area contributed by atoms with Gasteiger partial charge in [-0.05, 0) is 89.9 Å². The van der Waals surface area contributed by atoms with Crippen LogP contribution in [0.3, 0.4) is 0 Å². The molecule has 34 heavy (non-hydrogen) atoms. The molecule has 1 heterocycles. The fraction of sp³-hybridized carbons (Fsp3) is 0.333. The van der Waals surface area contributed by atoms with Gasteiger partial charge in [0.2, 0.25) is 0 Å². The Morgan fingerprint density at radius 3 is 2.53 bits per heavy atom. The molecule has 3 aromatic carbocycles. The Hall–Kier alpha value is -2.30. The zero-order valence-corrected chi connectivity index (χ0v) is 21.5. The molecule has 1 saturated heterocycles. The average Bonchev–Trinajstić information content (AvgIpc) is 2.77. The van der Waals surface area contributed by atoms with E-state index in [2.05, 4.69) is 19.9 Å². The molecule has 5 nitrogen and oxygen atoms in total. The Morgan fingerprint density at radius 1 is 1.12 bits per heavy atom. The summed E-state index contributed by atoms with van der Waals surface area (Å²) in [6.45, 7) is 8.41. The van der Waals surface area contributed by atoms with Crippen LogP contribution in [0.25, 0.3) is 0 Å². The van der Waals surface area contributed by atoms with Crippen LogP contribution in [-0.4, -0.2) is 11.7 Å². The van der Waals surface area contributed by atoms with Crippen LogP contribution in [0.15, 0.2) is 54.6 Å². The summed E-state index contributed by atoms with van der Waals surface area (Å²) < 4.78 is 30.3. The van der Waals surface area contributed by atoms with Crippen molar-refractivity contribution in [1.82, 2.24) is 0 Å². The zero-order chi connectivity index (χ0) is 24.5. The van der Waals surface area contributed by atoms with E-state index in [0.717, 1.165) is 39.8 Å². The number of hydrogen-bond acceptors (Lipinski definition) is 5. The van der Waals surface area contributed by atoms with Crippen molar-refractivity contribution in [1.29, 1.82) is 0 Å². The average molecular weight is 501 g/mol. The molecule has 0 spiro atoms. The van der Waals surface area contributed by atoms with Gasteiger partial charge >= 0.3 is 7.82 Å². The van der Waals surface area contributed by atoms with Gasteiger partial charge in [0.15, 0.2) is 0 Å². The van der Waals surface area contributed by atoms with Gasteiger partial charge in [0.05, 0.1) is 12.7 Å². The molecular formula is C27H30ClO5P. The van der Waals surface area contributed by atoms with Gasteiger partial charge in [0.25, 0.3) is 0 Å². The number of hydrogen-bond donors (Lipinski definition) is 1. The van der Waals surface area contributed by atoms with Crippen molar-refractivity contribution in [3.05, 3.63) is 93.0 Å². The molecule has 180 valence electrons. The van der Waals surface area contributed by atoms with Crippen LogP contribution in [0.4, 0.5) is 0 Å². The van der Waals surface area contributed by atoms with Gasteiger partial charge in [-0.15, -0.1) is 0 Å². The molecule has 1 aliphatic rings. The van der Waals surface area contributed by atoms with E-state index in [1.54, 1.807) is 18.2 Å². The first-order chi connectivity index (χ1) is 16.1. The molecule has 3 aromatic rings. The van der Waals surface area contributed by atoms with Crippen LogP contribution in [0.2, 0.25) is 5.02 Å².